The number of nitrogens with one attached hydrogen (secondary N) is 1. The quantitative estimate of drug-likeness (QED) is 0.707. The van der Waals surface area contributed by atoms with Crippen molar-refractivity contribution in [2.24, 2.45) is 5.92 Å². The number of aliphatic hydroxyl groups is 1. The third-order valence-corrected chi connectivity index (χ3v) is 6.55. The molecule has 1 amide bonds. The summed E-state index contributed by atoms with van der Waals surface area (Å²) in [5, 5.41) is 14.5. The molecule has 0 spiro atoms. The van der Waals surface area contributed by atoms with Crippen molar-refractivity contribution in [1.82, 2.24) is 10.2 Å². The molecule has 4 rings (SSSR count). The lowest BCUT2D eigenvalue weighted by Crippen LogP contribution is -2.62. The van der Waals surface area contributed by atoms with E-state index in [1.165, 1.54) is 6.07 Å². The standard InChI is InChI=1S/C24H26ClFN2O2/c25-20-12-6-9-18(22(20)26)15-28-14-13-24(21(29)16-28,19-10-2-1-3-11-19)27-23(30)17-7-4-5-8-17/h1-6,9-12,17,21,29H,7-8,13-16H2,(H,27,30)/t21-,24+/m1/s1. The Morgan fingerprint density at radius 1 is 1.17 bits per heavy atom. The minimum atomic E-state index is -0.857. The maximum absolute atomic E-state index is 14.3. The van der Waals surface area contributed by atoms with E-state index in [9.17, 15) is 14.3 Å². The zero-order chi connectivity index (χ0) is 21.1. The molecule has 0 bridgehead atoms. The van der Waals surface area contributed by atoms with E-state index in [2.05, 4.69) is 5.32 Å². The molecule has 1 heterocycles. The predicted octanol–water partition coefficient (Wildman–Crippen LogP) is 4.02. The van der Waals surface area contributed by atoms with Gasteiger partial charge < -0.3 is 10.4 Å². The number of benzene rings is 2. The normalized spacial score (nSPS) is 24.8. The number of likely N-dealkylation sites (tertiary alicyclic amines) is 1. The van der Waals surface area contributed by atoms with Crippen LogP contribution in [0, 0.1) is 11.7 Å². The van der Waals surface area contributed by atoms with E-state index in [-0.39, 0.29) is 16.8 Å². The molecule has 2 aromatic carbocycles. The van der Waals surface area contributed by atoms with Crippen LogP contribution in [0.25, 0.3) is 0 Å². The van der Waals surface area contributed by atoms with Gasteiger partial charge in [-0.25, -0.2) is 4.39 Å². The molecule has 1 fully saturated rings. The van der Waals surface area contributed by atoms with Crippen LogP contribution in [-0.4, -0.2) is 35.1 Å². The minimum Gasteiger partial charge on any atom is -0.389 e. The van der Waals surface area contributed by atoms with Crippen molar-refractivity contribution in [2.75, 3.05) is 13.1 Å². The summed E-state index contributed by atoms with van der Waals surface area (Å²) in [4.78, 5) is 15.0. The first-order valence-electron chi connectivity index (χ1n) is 10.4. The van der Waals surface area contributed by atoms with E-state index in [1.807, 2.05) is 47.4 Å². The van der Waals surface area contributed by atoms with Gasteiger partial charge in [-0.1, -0.05) is 66.2 Å². The second kappa shape index (κ2) is 8.88. The average Bonchev–Trinajstić information content (AvgIpc) is 3.29. The molecule has 1 saturated heterocycles. The molecule has 0 unspecified atom stereocenters. The van der Waals surface area contributed by atoms with Crippen LogP contribution in [0.1, 0.15) is 30.4 Å². The third-order valence-electron chi connectivity index (χ3n) is 6.26. The van der Waals surface area contributed by atoms with Crippen molar-refractivity contribution in [3.05, 3.63) is 82.6 Å². The first kappa shape index (κ1) is 21.0. The Bertz CT molecular complexity index is 928. The van der Waals surface area contributed by atoms with Crippen molar-refractivity contribution in [3.63, 3.8) is 0 Å². The Labute approximate surface area is 181 Å². The van der Waals surface area contributed by atoms with Crippen LogP contribution in [0.2, 0.25) is 5.02 Å². The fourth-order valence-electron chi connectivity index (χ4n) is 4.49. The number of nitrogens with zero attached hydrogens (tertiary/aromatic N) is 1. The van der Waals surface area contributed by atoms with Crippen molar-refractivity contribution in [3.8, 4) is 0 Å². The second-order valence-electron chi connectivity index (χ2n) is 8.18. The molecule has 2 atom stereocenters. The first-order chi connectivity index (χ1) is 14.5. The summed E-state index contributed by atoms with van der Waals surface area (Å²) in [6.45, 7) is 1.29. The monoisotopic (exact) mass is 428 g/mol. The maximum Gasteiger partial charge on any atom is 0.224 e. The van der Waals surface area contributed by atoms with Gasteiger partial charge in [-0.3, -0.25) is 9.69 Å². The van der Waals surface area contributed by atoms with Crippen LogP contribution < -0.4 is 5.32 Å². The highest BCUT2D eigenvalue weighted by molar-refractivity contribution is 6.30. The lowest BCUT2D eigenvalue weighted by molar-refractivity contribution is -0.130. The zero-order valence-electron chi connectivity index (χ0n) is 16.7. The van der Waals surface area contributed by atoms with Gasteiger partial charge in [-0.15, -0.1) is 0 Å². The van der Waals surface area contributed by atoms with Crippen LogP contribution in [0.5, 0.6) is 0 Å². The van der Waals surface area contributed by atoms with Gasteiger partial charge in [0.2, 0.25) is 5.91 Å². The predicted molar refractivity (Wildman–Crippen MR) is 115 cm³/mol. The van der Waals surface area contributed by atoms with Crippen LogP contribution >= 0.6 is 11.6 Å². The van der Waals surface area contributed by atoms with E-state index in [1.54, 1.807) is 12.1 Å². The number of hydrogen-bond acceptors (Lipinski definition) is 3. The summed E-state index contributed by atoms with van der Waals surface area (Å²) in [5.74, 6) is -0.538. The van der Waals surface area contributed by atoms with E-state index >= 15 is 0 Å². The fourth-order valence-corrected chi connectivity index (χ4v) is 4.69. The number of halogens is 2. The molecule has 1 aliphatic carbocycles. The molecular weight excluding hydrogens is 403 g/mol. The van der Waals surface area contributed by atoms with Crippen LogP contribution in [0.4, 0.5) is 4.39 Å². The molecular formula is C24H26ClFN2O2. The summed E-state index contributed by atoms with van der Waals surface area (Å²) in [6, 6.07) is 14.6. The van der Waals surface area contributed by atoms with Gasteiger partial charge in [0.25, 0.3) is 0 Å². The molecule has 2 aliphatic rings. The lowest BCUT2D eigenvalue weighted by atomic mass is 9.78. The van der Waals surface area contributed by atoms with Gasteiger partial charge in [0.15, 0.2) is 0 Å². The molecule has 4 nitrogen and oxygen atoms in total. The number of aliphatic hydroxyl groups excluding tert-OH is 1. The Balaban J connectivity index is 1.54. The summed E-state index contributed by atoms with van der Waals surface area (Å²) in [5.41, 5.74) is 0.540. The summed E-state index contributed by atoms with van der Waals surface area (Å²) in [6.07, 6.45) is 5.22. The molecule has 6 heteroatoms. The van der Waals surface area contributed by atoms with E-state index < -0.39 is 17.5 Å². The van der Waals surface area contributed by atoms with Crippen molar-refractivity contribution in [2.45, 2.75) is 37.5 Å². The molecule has 2 N–H and O–H groups in total. The number of piperidine rings is 1. The third kappa shape index (κ3) is 4.15. The molecule has 0 aromatic heterocycles. The Morgan fingerprint density at radius 2 is 1.90 bits per heavy atom. The van der Waals surface area contributed by atoms with Crippen molar-refractivity contribution < 1.29 is 14.3 Å². The van der Waals surface area contributed by atoms with Gasteiger partial charge in [0.1, 0.15) is 5.82 Å². The summed E-state index contributed by atoms with van der Waals surface area (Å²) < 4.78 is 14.3. The van der Waals surface area contributed by atoms with Crippen LogP contribution in [0.15, 0.2) is 60.7 Å². The van der Waals surface area contributed by atoms with Crippen LogP contribution in [0.3, 0.4) is 0 Å². The number of β-amino-alcohol motifs (C(OH)–C–C–N with tert-alkyl or cyclic N) is 1. The van der Waals surface area contributed by atoms with Gasteiger partial charge in [-0.2, -0.15) is 0 Å². The number of rotatable bonds is 5. The number of allylic oxidation sites excluding steroid dienone is 2. The van der Waals surface area contributed by atoms with Gasteiger partial charge in [-0.05, 0) is 30.9 Å². The largest absolute Gasteiger partial charge is 0.389 e. The molecule has 0 saturated carbocycles. The Morgan fingerprint density at radius 3 is 2.60 bits per heavy atom. The summed E-state index contributed by atoms with van der Waals surface area (Å²) in [7, 11) is 0. The van der Waals surface area contributed by atoms with Crippen molar-refractivity contribution in [1.29, 1.82) is 0 Å². The van der Waals surface area contributed by atoms with Gasteiger partial charge >= 0.3 is 0 Å². The number of amides is 1. The van der Waals surface area contributed by atoms with Crippen LogP contribution in [-0.2, 0) is 16.9 Å². The molecule has 30 heavy (non-hydrogen) atoms. The Hall–Kier alpha value is -2.21. The second-order valence-corrected chi connectivity index (χ2v) is 8.59. The molecule has 158 valence electrons. The molecule has 1 aliphatic heterocycles. The topological polar surface area (TPSA) is 52.6 Å². The Kier molecular flexibility index (Phi) is 6.23. The van der Waals surface area contributed by atoms with Gasteiger partial charge in [0.05, 0.1) is 16.7 Å². The van der Waals surface area contributed by atoms with Gasteiger partial charge in [0, 0.05) is 31.1 Å². The maximum atomic E-state index is 14.3. The highest BCUT2D eigenvalue weighted by Crippen LogP contribution is 2.35. The lowest BCUT2D eigenvalue weighted by Gasteiger charge is -2.47. The first-order valence-corrected chi connectivity index (χ1v) is 10.7. The summed E-state index contributed by atoms with van der Waals surface area (Å²) >= 11 is 5.91. The smallest absolute Gasteiger partial charge is 0.224 e. The van der Waals surface area contributed by atoms with E-state index in [0.717, 1.165) is 18.4 Å². The number of hydrogen-bond donors (Lipinski definition) is 2. The molecule has 0 radical (unpaired) electrons. The van der Waals surface area contributed by atoms with E-state index in [4.69, 9.17) is 11.6 Å². The minimum absolute atomic E-state index is 0.0303. The highest BCUT2D eigenvalue weighted by atomic mass is 35.5. The number of carbonyl (C=O) groups excluding carboxylic acids is 1. The highest BCUT2D eigenvalue weighted by Gasteiger charge is 2.45. The number of carbonyl (C=O) groups is 1. The zero-order valence-corrected chi connectivity index (χ0v) is 17.5. The molecule has 2 aromatic rings. The van der Waals surface area contributed by atoms with E-state index in [0.29, 0.717) is 31.6 Å². The van der Waals surface area contributed by atoms with Crippen molar-refractivity contribution >= 4 is 17.5 Å². The SMILES string of the molecule is O=C(N[C@]1(c2ccccc2)CCN(Cc2cccc(Cl)c2F)C[C@H]1O)C1CC=CC1. The fraction of sp³-hybridized carbons (Fsp3) is 0.375. The average molecular weight is 429 g/mol.